The van der Waals surface area contributed by atoms with Crippen molar-refractivity contribution in [2.24, 2.45) is 5.92 Å². The quantitative estimate of drug-likeness (QED) is 0.375. The maximum Gasteiger partial charge on any atom is 0.124 e. The van der Waals surface area contributed by atoms with Crippen molar-refractivity contribution in [2.45, 2.75) is 24.6 Å². The maximum atomic E-state index is 10.4. The van der Waals surface area contributed by atoms with Gasteiger partial charge in [0.2, 0.25) is 0 Å². The molecular formula is C8H11ClO2. The molecule has 1 aliphatic rings. The number of carbonyl (C=O) groups excluding carboxylic acids is 1. The highest BCUT2D eigenvalue weighted by Gasteiger charge is 2.26. The number of aliphatic hydroxyl groups excluding tert-OH is 1. The molecule has 3 heteroatoms. The second kappa shape index (κ2) is 3.77. The molecular weight excluding hydrogens is 164 g/mol. The molecule has 0 bridgehead atoms. The molecule has 0 aromatic carbocycles. The summed E-state index contributed by atoms with van der Waals surface area (Å²) in [5, 5.41) is 8.43. The number of aliphatic hydroxyl groups is 1. The lowest BCUT2D eigenvalue weighted by molar-refractivity contribution is -0.111. The monoisotopic (exact) mass is 174 g/mol. The first-order valence-electron chi connectivity index (χ1n) is 3.72. The van der Waals surface area contributed by atoms with Gasteiger partial charge < -0.3 is 9.90 Å². The number of rotatable bonds is 1. The van der Waals surface area contributed by atoms with Crippen molar-refractivity contribution in [3.63, 3.8) is 0 Å². The van der Waals surface area contributed by atoms with E-state index in [4.69, 9.17) is 16.7 Å². The van der Waals surface area contributed by atoms with Gasteiger partial charge in [0.25, 0.3) is 0 Å². The molecule has 0 amide bonds. The summed E-state index contributed by atoms with van der Waals surface area (Å²) in [6.45, 7) is 0. The first-order valence-corrected chi connectivity index (χ1v) is 4.15. The van der Waals surface area contributed by atoms with Crippen LogP contribution in [0.15, 0.2) is 11.8 Å². The summed E-state index contributed by atoms with van der Waals surface area (Å²) < 4.78 is 0. The third-order valence-electron chi connectivity index (χ3n) is 2.07. The number of alkyl halides is 1. The molecule has 0 heterocycles. The highest BCUT2D eigenvalue weighted by molar-refractivity contribution is 6.23. The highest BCUT2D eigenvalue weighted by atomic mass is 35.5. The minimum atomic E-state index is -0.286. The van der Waals surface area contributed by atoms with E-state index < -0.39 is 0 Å². The fourth-order valence-electron chi connectivity index (χ4n) is 1.37. The van der Waals surface area contributed by atoms with Crippen molar-refractivity contribution in [3.05, 3.63) is 11.8 Å². The van der Waals surface area contributed by atoms with Gasteiger partial charge in [-0.1, -0.05) is 0 Å². The molecule has 11 heavy (non-hydrogen) atoms. The summed E-state index contributed by atoms with van der Waals surface area (Å²) >= 11 is 5.89. The number of aldehydes is 1. The van der Waals surface area contributed by atoms with E-state index in [2.05, 4.69) is 0 Å². The zero-order valence-electron chi connectivity index (χ0n) is 6.16. The summed E-state index contributed by atoms with van der Waals surface area (Å²) in [4.78, 5) is 10.4. The average Bonchev–Trinajstić information content (AvgIpc) is 2.05. The van der Waals surface area contributed by atoms with Crippen LogP contribution in [0.5, 0.6) is 0 Å². The molecule has 1 aliphatic carbocycles. The largest absolute Gasteiger partial charge is 0.516 e. The van der Waals surface area contributed by atoms with Crippen molar-refractivity contribution in [3.8, 4) is 0 Å². The topological polar surface area (TPSA) is 37.3 Å². The second-order valence-corrected chi connectivity index (χ2v) is 3.27. The Morgan fingerprint density at radius 1 is 1.64 bits per heavy atom. The molecule has 1 N–H and O–H groups in total. The molecule has 0 radical (unpaired) electrons. The van der Waals surface area contributed by atoms with Crippen LogP contribution in [-0.4, -0.2) is 16.8 Å². The van der Waals surface area contributed by atoms with Gasteiger partial charge in [-0.05, 0) is 24.8 Å². The minimum Gasteiger partial charge on any atom is -0.516 e. The number of allylic oxidation sites excluding steroid dienone is 1. The lowest BCUT2D eigenvalue weighted by atomic mass is 9.86. The number of carbonyl (C=O) groups is 1. The normalized spacial score (nSPS) is 35.5. The van der Waals surface area contributed by atoms with E-state index in [1.807, 2.05) is 0 Å². The Bertz CT molecular complexity index is 177. The SMILES string of the molecule is O=C[C@H]1CCC/C(=C\O)[C@H]1Cl. The van der Waals surface area contributed by atoms with Crippen LogP contribution >= 0.6 is 11.6 Å². The van der Waals surface area contributed by atoms with E-state index in [1.165, 1.54) is 0 Å². The molecule has 2 nitrogen and oxygen atoms in total. The van der Waals surface area contributed by atoms with E-state index in [9.17, 15) is 4.79 Å². The number of hydrogen-bond acceptors (Lipinski definition) is 2. The van der Waals surface area contributed by atoms with Gasteiger partial charge in [0, 0.05) is 5.92 Å². The fraction of sp³-hybridized carbons (Fsp3) is 0.625. The van der Waals surface area contributed by atoms with Gasteiger partial charge in [0.15, 0.2) is 0 Å². The highest BCUT2D eigenvalue weighted by Crippen LogP contribution is 2.31. The van der Waals surface area contributed by atoms with Gasteiger partial charge >= 0.3 is 0 Å². The Labute approximate surface area is 70.9 Å². The summed E-state index contributed by atoms with van der Waals surface area (Å²) in [5.41, 5.74) is 0.787. The summed E-state index contributed by atoms with van der Waals surface area (Å²) in [6, 6.07) is 0. The van der Waals surface area contributed by atoms with Crippen LogP contribution in [-0.2, 0) is 4.79 Å². The molecule has 0 aromatic heterocycles. The van der Waals surface area contributed by atoms with E-state index >= 15 is 0 Å². The Morgan fingerprint density at radius 3 is 2.91 bits per heavy atom. The molecule has 0 aromatic rings. The van der Waals surface area contributed by atoms with Gasteiger partial charge in [-0.3, -0.25) is 0 Å². The predicted octanol–water partition coefficient (Wildman–Crippen LogP) is 2.03. The lowest BCUT2D eigenvalue weighted by Gasteiger charge is -2.24. The Morgan fingerprint density at radius 2 is 2.36 bits per heavy atom. The third-order valence-corrected chi connectivity index (χ3v) is 2.68. The van der Waals surface area contributed by atoms with Crippen LogP contribution in [0.3, 0.4) is 0 Å². The molecule has 62 valence electrons. The third kappa shape index (κ3) is 1.74. The first-order chi connectivity index (χ1) is 5.29. The Kier molecular flexibility index (Phi) is 2.94. The standard InChI is InChI=1S/C8H11ClO2/c9-8-6(4-10)2-1-3-7(8)5-11/h4-6,8,11H,1-3H2/b7-5+/t6-,8+/m1/s1. The van der Waals surface area contributed by atoms with Crippen molar-refractivity contribution in [1.82, 2.24) is 0 Å². The minimum absolute atomic E-state index is 0.108. The van der Waals surface area contributed by atoms with Crippen LogP contribution in [0, 0.1) is 5.92 Å². The molecule has 1 saturated carbocycles. The average molecular weight is 175 g/mol. The van der Waals surface area contributed by atoms with Gasteiger partial charge in [-0.25, -0.2) is 0 Å². The molecule has 1 rings (SSSR count). The van der Waals surface area contributed by atoms with Crippen molar-refractivity contribution in [2.75, 3.05) is 0 Å². The van der Waals surface area contributed by atoms with Crippen LogP contribution in [0.25, 0.3) is 0 Å². The van der Waals surface area contributed by atoms with E-state index in [0.29, 0.717) is 0 Å². The van der Waals surface area contributed by atoms with Crippen LogP contribution in [0.2, 0.25) is 0 Å². The fourth-order valence-corrected chi connectivity index (χ4v) is 1.72. The Hall–Kier alpha value is -0.500. The van der Waals surface area contributed by atoms with E-state index in [-0.39, 0.29) is 11.3 Å². The maximum absolute atomic E-state index is 10.4. The molecule has 0 spiro atoms. The number of hydrogen-bond donors (Lipinski definition) is 1. The van der Waals surface area contributed by atoms with Crippen molar-refractivity contribution in [1.29, 1.82) is 0 Å². The van der Waals surface area contributed by atoms with E-state index in [0.717, 1.165) is 37.4 Å². The zero-order valence-corrected chi connectivity index (χ0v) is 6.92. The van der Waals surface area contributed by atoms with Crippen LogP contribution < -0.4 is 0 Å². The molecule has 2 atom stereocenters. The second-order valence-electron chi connectivity index (χ2n) is 2.80. The van der Waals surface area contributed by atoms with Gasteiger partial charge in [0.1, 0.15) is 6.29 Å². The zero-order chi connectivity index (χ0) is 8.27. The van der Waals surface area contributed by atoms with E-state index in [1.54, 1.807) is 0 Å². The lowest BCUT2D eigenvalue weighted by Crippen LogP contribution is -2.23. The summed E-state index contributed by atoms with van der Waals surface area (Å²) in [6.07, 6.45) is 4.51. The molecule has 0 aliphatic heterocycles. The van der Waals surface area contributed by atoms with Gasteiger partial charge in [0.05, 0.1) is 11.6 Å². The Balaban J connectivity index is 2.66. The predicted molar refractivity (Wildman–Crippen MR) is 43.8 cm³/mol. The van der Waals surface area contributed by atoms with Gasteiger partial charge in [-0.2, -0.15) is 0 Å². The van der Waals surface area contributed by atoms with Crippen LogP contribution in [0.1, 0.15) is 19.3 Å². The molecule has 0 saturated heterocycles. The van der Waals surface area contributed by atoms with Crippen molar-refractivity contribution >= 4 is 17.9 Å². The van der Waals surface area contributed by atoms with Crippen molar-refractivity contribution < 1.29 is 9.90 Å². The molecule has 1 fully saturated rings. The van der Waals surface area contributed by atoms with Gasteiger partial charge in [-0.15, -0.1) is 11.6 Å². The number of halogens is 1. The molecule has 0 unspecified atom stereocenters. The first kappa shape index (κ1) is 8.60. The summed E-state index contributed by atoms with van der Waals surface area (Å²) in [7, 11) is 0. The summed E-state index contributed by atoms with van der Waals surface area (Å²) in [5.74, 6) is -0.108. The van der Waals surface area contributed by atoms with Crippen LogP contribution in [0.4, 0.5) is 0 Å². The smallest absolute Gasteiger partial charge is 0.124 e.